The molecule has 0 aliphatic heterocycles. The van der Waals surface area contributed by atoms with Gasteiger partial charge in [0, 0.05) is 25.1 Å². The molecule has 0 saturated heterocycles. The van der Waals surface area contributed by atoms with Crippen LogP contribution >= 0.6 is 0 Å². The summed E-state index contributed by atoms with van der Waals surface area (Å²) >= 11 is 0. The minimum absolute atomic E-state index is 0.00488. The van der Waals surface area contributed by atoms with Crippen molar-refractivity contribution < 1.29 is 9.59 Å². The van der Waals surface area contributed by atoms with E-state index in [-0.39, 0.29) is 23.9 Å². The summed E-state index contributed by atoms with van der Waals surface area (Å²) in [6.45, 7) is 8.45. The first-order valence-electron chi connectivity index (χ1n) is 11.6. The van der Waals surface area contributed by atoms with Gasteiger partial charge in [0.2, 0.25) is 11.8 Å². The monoisotopic (exact) mass is 446 g/mol. The quantitative estimate of drug-likeness (QED) is 0.479. The van der Waals surface area contributed by atoms with E-state index >= 15 is 0 Å². The van der Waals surface area contributed by atoms with Crippen molar-refractivity contribution in [2.24, 2.45) is 0 Å². The number of nitrogens with zero attached hydrogens (tertiary/aromatic N) is 2. The van der Waals surface area contributed by atoms with Crippen LogP contribution in [0.4, 0.5) is 0 Å². The van der Waals surface area contributed by atoms with Gasteiger partial charge in [-0.05, 0) is 50.8 Å². The van der Waals surface area contributed by atoms with Crippen LogP contribution in [0, 0.1) is 13.8 Å². The van der Waals surface area contributed by atoms with Crippen LogP contribution in [0.25, 0.3) is 0 Å². The van der Waals surface area contributed by atoms with Crippen molar-refractivity contribution in [3.05, 3.63) is 88.7 Å². The van der Waals surface area contributed by atoms with Crippen LogP contribution in [-0.4, -0.2) is 21.6 Å². The fraction of sp³-hybridized carbons (Fsp3) is 0.370. The number of aromatic nitrogens is 2. The van der Waals surface area contributed by atoms with Crippen molar-refractivity contribution in [2.45, 2.75) is 65.6 Å². The van der Waals surface area contributed by atoms with E-state index in [1.54, 1.807) is 0 Å². The third-order valence-electron chi connectivity index (χ3n) is 6.04. The predicted molar refractivity (Wildman–Crippen MR) is 131 cm³/mol. The van der Waals surface area contributed by atoms with Crippen LogP contribution in [0.3, 0.4) is 0 Å². The highest BCUT2D eigenvalue weighted by atomic mass is 16.2. The van der Waals surface area contributed by atoms with Crippen LogP contribution in [0.5, 0.6) is 0 Å². The van der Waals surface area contributed by atoms with Gasteiger partial charge in [-0.3, -0.25) is 14.3 Å². The molecule has 0 spiro atoms. The number of amides is 2. The first kappa shape index (κ1) is 24.2. The Labute approximate surface area is 196 Å². The molecule has 0 radical (unpaired) electrons. The van der Waals surface area contributed by atoms with E-state index in [1.165, 1.54) is 0 Å². The maximum atomic E-state index is 12.5. The maximum Gasteiger partial charge on any atom is 0.222 e. The highest BCUT2D eigenvalue weighted by molar-refractivity contribution is 5.77. The molecule has 0 saturated carbocycles. The summed E-state index contributed by atoms with van der Waals surface area (Å²) in [6, 6.07) is 19.8. The van der Waals surface area contributed by atoms with Crippen molar-refractivity contribution in [3.8, 4) is 0 Å². The molecule has 2 aromatic carbocycles. The van der Waals surface area contributed by atoms with Crippen LogP contribution in [0.2, 0.25) is 0 Å². The zero-order valence-corrected chi connectivity index (χ0v) is 20.0. The first-order valence-corrected chi connectivity index (χ1v) is 11.6. The molecule has 1 heterocycles. The molecule has 1 aromatic heterocycles. The molecule has 0 fully saturated rings. The van der Waals surface area contributed by atoms with E-state index in [0.29, 0.717) is 25.8 Å². The molecule has 6 heteroatoms. The Kier molecular flexibility index (Phi) is 8.41. The number of rotatable bonds is 10. The summed E-state index contributed by atoms with van der Waals surface area (Å²) in [5.41, 5.74) is 5.18. The van der Waals surface area contributed by atoms with Gasteiger partial charge in [0.25, 0.3) is 0 Å². The average molecular weight is 447 g/mol. The second kappa shape index (κ2) is 11.5. The third kappa shape index (κ3) is 6.78. The van der Waals surface area contributed by atoms with Gasteiger partial charge in [-0.15, -0.1) is 0 Å². The lowest BCUT2D eigenvalue weighted by Gasteiger charge is -2.15. The molecule has 3 aromatic rings. The molecule has 2 amide bonds. The number of carbonyl (C=O) groups is 2. The van der Waals surface area contributed by atoms with Crippen LogP contribution in [0.1, 0.15) is 66.9 Å². The van der Waals surface area contributed by atoms with Crippen molar-refractivity contribution in [2.75, 3.05) is 0 Å². The Balaban J connectivity index is 1.50. The standard InChI is InChI=1S/C27H34N4O2/c1-19(23-11-7-5-8-12-23)28-26(32)16-15-25-21(3)30-31(22(25)4)18-17-27(33)29-20(2)24-13-9-6-10-14-24/h5-14,19-20H,15-18H2,1-4H3,(H,28,32)(H,29,33)/t19-,20-/m1/s1. The first-order chi connectivity index (χ1) is 15.8. The number of aryl methyl sites for hydroxylation is 2. The Morgan fingerprint density at radius 3 is 1.82 bits per heavy atom. The Bertz CT molecular complexity index is 1060. The van der Waals surface area contributed by atoms with Gasteiger partial charge >= 0.3 is 0 Å². The van der Waals surface area contributed by atoms with Crippen molar-refractivity contribution >= 4 is 11.8 Å². The molecular weight excluding hydrogens is 412 g/mol. The molecule has 0 bridgehead atoms. The maximum absolute atomic E-state index is 12.5. The Morgan fingerprint density at radius 2 is 1.30 bits per heavy atom. The van der Waals surface area contributed by atoms with Gasteiger partial charge in [-0.1, -0.05) is 60.7 Å². The van der Waals surface area contributed by atoms with E-state index in [4.69, 9.17) is 0 Å². The summed E-state index contributed by atoms with van der Waals surface area (Å²) in [5.74, 6) is 0.0157. The molecule has 2 atom stereocenters. The predicted octanol–water partition coefficient (Wildman–Crippen LogP) is 4.58. The summed E-state index contributed by atoms with van der Waals surface area (Å²) < 4.78 is 1.88. The second-order valence-corrected chi connectivity index (χ2v) is 8.52. The van der Waals surface area contributed by atoms with Crippen molar-refractivity contribution in [1.29, 1.82) is 0 Å². The molecule has 174 valence electrons. The van der Waals surface area contributed by atoms with Crippen LogP contribution in [-0.2, 0) is 22.6 Å². The number of hydrogen-bond donors (Lipinski definition) is 2. The van der Waals surface area contributed by atoms with Gasteiger partial charge in [0.05, 0.1) is 17.8 Å². The topological polar surface area (TPSA) is 76.0 Å². The minimum Gasteiger partial charge on any atom is -0.350 e. The van der Waals surface area contributed by atoms with E-state index in [9.17, 15) is 9.59 Å². The summed E-state index contributed by atoms with van der Waals surface area (Å²) in [6.07, 6.45) is 1.38. The molecule has 6 nitrogen and oxygen atoms in total. The molecule has 33 heavy (non-hydrogen) atoms. The van der Waals surface area contributed by atoms with Gasteiger partial charge in [-0.25, -0.2) is 0 Å². The zero-order chi connectivity index (χ0) is 23.8. The molecule has 0 aliphatic rings. The van der Waals surface area contributed by atoms with E-state index < -0.39 is 0 Å². The molecule has 2 N–H and O–H groups in total. The van der Waals surface area contributed by atoms with Crippen LogP contribution in [0.15, 0.2) is 60.7 Å². The molecular formula is C27H34N4O2. The fourth-order valence-corrected chi connectivity index (χ4v) is 4.04. The lowest BCUT2D eigenvalue weighted by molar-refractivity contribution is -0.122. The van der Waals surface area contributed by atoms with E-state index in [2.05, 4.69) is 15.7 Å². The van der Waals surface area contributed by atoms with Gasteiger partial charge in [0.1, 0.15) is 0 Å². The van der Waals surface area contributed by atoms with Crippen LogP contribution < -0.4 is 10.6 Å². The Morgan fingerprint density at radius 1 is 0.818 bits per heavy atom. The number of benzene rings is 2. The number of hydrogen-bond acceptors (Lipinski definition) is 3. The summed E-state index contributed by atoms with van der Waals surface area (Å²) in [5, 5.41) is 10.7. The molecule has 0 unspecified atom stereocenters. The van der Waals surface area contributed by atoms with Gasteiger partial charge < -0.3 is 10.6 Å². The number of nitrogens with one attached hydrogen (secondary N) is 2. The molecule has 3 rings (SSSR count). The normalized spacial score (nSPS) is 12.7. The highest BCUT2D eigenvalue weighted by Gasteiger charge is 2.16. The average Bonchev–Trinajstić information content (AvgIpc) is 3.09. The molecule has 0 aliphatic carbocycles. The SMILES string of the molecule is Cc1nn(CCC(=O)N[C@H](C)c2ccccc2)c(C)c1CCC(=O)N[C@H](C)c1ccccc1. The minimum atomic E-state index is -0.0356. The van der Waals surface area contributed by atoms with E-state index in [1.807, 2.05) is 93.0 Å². The lowest BCUT2D eigenvalue weighted by Crippen LogP contribution is -2.27. The fourth-order valence-electron chi connectivity index (χ4n) is 4.04. The smallest absolute Gasteiger partial charge is 0.222 e. The van der Waals surface area contributed by atoms with Gasteiger partial charge in [0.15, 0.2) is 0 Å². The van der Waals surface area contributed by atoms with Crippen molar-refractivity contribution in [1.82, 2.24) is 20.4 Å². The Hall–Kier alpha value is -3.41. The van der Waals surface area contributed by atoms with Crippen molar-refractivity contribution in [3.63, 3.8) is 0 Å². The summed E-state index contributed by atoms with van der Waals surface area (Å²) in [7, 11) is 0. The zero-order valence-electron chi connectivity index (χ0n) is 20.0. The largest absolute Gasteiger partial charge is 0.350 e. The highest BCUT2D eigenvalue weighted by Crippen LogP contribution is 2.17. The second-order valence-electron chi connectivity index (χ2n) is 8.52. The van der Waals surface area contributed by atoms with Gasteiger partial charge in [-0.2, -0.15) is 5.10 Å². The number of carbonyl (C=O) groups excluding carboxylic acids is 2. The lowest BCUT2D eigenvalue weighted by atomic mass is 10.1. The summed E-state index contributed by atoms with van der Waals surface area (Å²) in [4.78, 5) is 24.9. The third-order valence-corrected chi connectivity index (χ3v) is 6.04. The van der Waals surface area contributed by atoms with E-state index in [0.717, 1.165) is 28.1 Å².